The zero-order valence-electron chi connectivity index (χ0n) is 15.7. The molecule has 1 atom stereocenters. The number of nitro groups is 1. The molecule has 2 aromatic rings. The SMILES string of the molecule is COc1ccc([N+](=O)[O-])cc1NC(=O)[C@@H](C)OC(=O)CCSc1ccccc1Cl. The predicted octanol–water partition coefficient (Wildman–Crippen LogP) is 4.31. The van der Waals surface area contributed by atoms with Crippen LogP contribution in [0.3, 0.4) is 0 Å². The molecule has 0 aliphatic rings. The van der Waals surface area contributed by atoms with Gasteiger partial charge in [0, 0.05) is 22.8 Å². The lowest BCUT2D eigenvalue weighted by Crippen LogP contribution is -2.30. The van der Waals surface area contributed by atoms with E-state index >= 15 is 0 Å². The first kappa shape index (κ1) is 22.5. The lowest BCUT2D eigenvalue weighted by molar-refractivity contribution is -0.384. The van der Waals surface area contributed by atoms with Crippen molar-refractivity contribution in [2.24, 2.45) is 0 Å². The number of esters is 1. The number of amides is 1. The van der Waals surface area contributed by atoms with Crippen molar-refractivity contribution in [1.29, 1.82) is 0 Å². The van der Waals surface area contributed by atoms with Gasteiger partial charge in [-0.3, -0.25) is 19.7 Å². The monoisotopic (exact) mass is 438 g/mol. The second kappa shape index (κ2) is 10.7. The van der Waals surface area contributed by atoms with Gasteiger partial charge in [0.25, 0.3) is 11.6 Å². The number of benzene rings is 2. The van der Waals surface area contributed by atoms with Gasteiger partial charge < -0.3 is 14.8 Å². The summed E-state index contributed by atoms with van der Waals surface area (Å²) in [6.45, 7) is 1.41. The van der Waals surface area contributed by atoms with E-state index in [1.54, 1.807) is 6.07 Å². The Morgan fingerprint density at radius 2 is 2.00 bits per heavy atom. The van der Waals surface area contributed by atoms with E-state index in [-0.39, 0.29) is 23.5 Å². The Kier molecular flexibility index (Phi) is 8.29. The molecule has 0 unspecified atom stereocenters. The van der Waals surface area contributed by atoms with Crippen LogP contribution in [0.25, 0.3) is 0 Å². The number of thioether (sulfide) groups is 1. The molecule has 0 saturated heterocycles. The molecule has 29 heavy (non-hydrogen) atoms. The summed E-state index contributed by atoms with van der Waals surface area (Å²) in [5.41, 5.74) is -0.0915. The summed E-state index contributed by atoms with van der Waals surface area (Å²) in [6.07, 6.45) is -0.995. The summed E-state index contributed by atoms with van der Waals surface area (Å²) < 4.78 is 10.2. The number of anilines is 1. The van der Waals surface area contributed by atoms with E-state index in [0.29, 0.717) is 10.8 Å². The fraction of sp³-hybridized carbons (Fsp3) is 0.263. The van der Waals surface area contributed by atoms with E-state index in [4.69, 9.17) is 21.1 Å². The Hall–Kier alpha value is -2.78. The maximum Gasteiger partial charge on any atom is 0.307 e. The van der Waals surface area contributed by atoms with Crippen molar-refractivity contribution >= 4 is 46.6 Å². The number of non-ortho nitro benzene ring substituents is 1. The number of halogens is 1. The highest BCUT2D eigenvalue weighted by Crippen LogP contribution is 2.29. The van der Waals surface area contributed by atoms with Gasteiger partial charge in [0.1, 0.15) is 5.75 Å². The smallest absolute Gasteiger partial charge is 0.307 e. The van der Waals surface area contributed by atoms with Crippen LogP contribution < -0.4 is 10.1 Å². The number of ether oxygens (including phenoxy) is 2. The Morgan fingerprint density at radius 1 is 1.28 bits per heavy atom. The van der Waals surface area contributed by atoms with Gasteiger partial charge >= 0.3 is 5.97 Å². The van der Waals surface area contributed by atoms with E-state index in [1.165, 1.54) is 44.0 Å². The van der Waals surface area contributed by atoms with E-state index in [0.717, 1.165) is 4.90 Å². The van der Waals surface area contributed by atoms with Gasteiger partial charge in [-0.05, 0) is 25.1 Å². The first-order valence-corrected chi connectivity index (χ1v) is 9.88. The van der Waals surface area contributed by atoms with Crippen molar-refractivity contribution < 1.29 is 24.0 Å². The lowest BCUT2D eigenvalue weighted by Gasteiger charge is -2.15. The van der Waals surface area contributed by atoms with Gasteiger partial charge in [-0.25, -0.2) is 0 Å². The molecule has 0 aliphatic carbocycles. The van der Waals surface area contributed by atoms with Gasteiger partial charge in [-0.15, -0.1) is 11.8 Å². The van der Waals surface area contributed by atoms with Crippen LogP contribution in [0.4, 0.5) is 11.4 Å². The second-order valence-electron chi connectivity index (χ2n) is 5.79. The molecule has 0 spiro atoms. The number of rotatable bonds is 9. The van der Waals surface area contributed by atoms with Crippen molar-refractivity contribution in [1.82, 2.24) is 0 Å². The molecule has 0 fully saturated rings. The summed E-state index contributed by atoms with van der Waals surface area (Å²) in [5.74, 6) is -0.483. The van der Waals surface area contributed by atoms with Crippen molar-refractivity contribution in [3.8, 4) is 5.75 Å². The summed E-state index contributed by atoms with van der Waals surface area (Å²) in [5, 5.41) is 14.0. The summed E-state index contributed by atoms with van der Waals surface area (Å²) in [4.78, 5) is 35.5. The third-order valence-electron chi connectivity index (χ3n) is 3.73. The van der Waals surface area contributed by atoms with E-state index in [9.17, 15) is 19.7 Å². The Morgan fingerprint density at radius 3 is 2.66 bits per heavy atom. The molecule has 10 heteroatoms. The molecule has 0 aromatic heterocycles. The molecule has 1 N–H and O–H groups in total. The first-order chi connectivity index (χ1) is 13.8. The lowest BCUT2D eigenvalue weighted by atomic mass is 10.2. The van der Waals surface area contributed by atoms with Gasteiger partial charge in [-0.1, -0.05) is 23.7 Å². The number of nitrogens with zero attached hydrogens (tertiary/aromatic N) is 1. The topological polar surface area (TPSA) is 108 Å². The molecule has 2 aromatic carbocycles. The average Bonchev–Trinajstić information content (AvgIpc) is 2.69. The maximum atomic E-state index is 12.3. The first-order valence-electron chi connectivity index (χ1n) is 8.52. The average molecular weight is 439 g/mol. The quantitative estimate of drug-likeness (QED) is 0.269. The van der Waals surface area contributed by atoms with Crippen LogP contribution in [0.5, 0.6) is 5.75 Å². The van der Waals surface area contributed by atoms with Crippen LogP contribution in [-0.2, 0) is 14.3 Å². The largest absolute Gasteiger partial charge is 0.495 e. The van der Waals surface area contributed by atoms with E-state index in [2.05, 4.69) is 5.32 Å². The normalized spacial score (nSPS) is 11.4. The maximum absolute atomic E-state index is 12.3. The van der Waals surface area contributed by atoms with Crippen LogP contribution in [0.15, 0.2) is 47.4 Å². The number of hydrogen-bond acceptors (Lipinski definition) is 7. The number of carbonyl (C=O) groups is 2. The number of methoxy groups -OCH3 is 1. The van der Waals surface area contributed by atoms with Crippen molar-refractivity contribution in [3.05, 3.63) is 57.6 Å². The molecule has 0 aliphatic heterocycles. The van der Waals surface area contributed by atoms with Crippen LogP contribution in [0.2, 0.25) is 5.02 Å². The van der Waals surface area contributed by atoms with Crippen molar-refractivity contribution in [3.63, 3.8) is 0 Å². The van der Waals surface area contributed by atoms with Crippen LogP contribution in [0, 0.1) is 10.1 Å². The number of nitro benzene ring substituents is 1. The molecule has 154 valence electrons. The molecule has 0 bridgehead atoms. The third kappa shape index (κ3) is 6.65. The summed E-state index contributed by atoms with van der Waals surface area (Å²) in [6, 6.07) is 11.1. The predicted molar refractivity (Wildman–Crippen MR) is 111 cm³/mol. The number of hydrogen-bond donors (Lipinski definition) is 1. The molecule has 0 saturated carbocycles. The molecule has 2 rings (SSSR count). The highest BCUT2D eigenvalue weighted by molar-refractivity contribution is 7.99. The fourth-order valence-electron chi connectivity index (χ4n) is 2.26. The Balaban J connectivity index is 1.88. The van der Waals surface area contributed by atoms with Gasteiger partial charge in [0.2, 0.25) is 0 Å². The Labute approximate surface area is 176 Å². The number of nitrogens with one attached hydrogen (secondary N) is 1. The minimum Gasteiger partial charge on any atom is -0.495 e. The molecule has 0 heterocycles. The van der Waals surface area contributed by atoms with E-state index < -0.39 is 22.9 Å². The van der Waals surface area contributed by atoms with Crippen LogP contribution in [0.1, 0.15) is 13.3 Å². The second-order valence-corrected chi connectivity index (χ2v) is 7.34. The Bertz CT molecular complexity index is 908. The van der Waals surface area contributed by atoms with Crippen molar-refractivity contribution in [2.45, 2.75) is 24.3 Å². The van der Waals surface area contributed by atoms with Crippen LogP contribution >= 0.6 is 23.4 Å². The standard InChI is InChI=1S/C19H19ClN2O6S/c1-12(28-18(23)9-10-29-17-6-4-3-5-14(17)20)19(24)21-15-11-13(22(25)26)7-8-16(15)27-2/h3-8,11-12H,9-10H2,1-2H3,(H,21,24)/t12-/m1/s1. The molecular weight excluding hydrogens is 420 g/mol. The zero-order chi connectivity index (χ0) is 21.4. The minimum absolute atomic E-state index is 0.0909. The molecule has 1 amide bonds. The van der Waals surface area contributed by atoms with Gasteiger partial charge in [0.05, 0.1) is 29.2 Å². The van der Waals surface area contributed by atoms with Gasteiger partial charge in [-0.2, -0.15) is 0 Å². The summed E-state index contributed by atoms with van der Waals surface area (Å²) >= 11 is 7.46. The molecular formula is C19H19ClN2O6S. The highest BCUT2D eigenvalue weighted by Gasteiger charge is 2.20. The number of carbonyl (C=O) groups excluding carboxylic acids is 2. The fourth-order valence-corrected chi connectivity index (χ4v) is 3.43. The van der Waals surface area contributed by atoms with E-state index in [1.807, 2.05) is 18.2 Å². The summed E-state index contributed by atoms with van der Waals surface area (Å²) in [7, 11) is 1.37. The van der Waals surface area contributed by atoms with Crippen molar-refractivity contribution in [2.75, 3.05) is 18.2 Å². The highest BCUT2D eigenvalue weighted by atomic mass is 35.5. The minimum atomic E-state index is -1.09. The molecule has 0 radical (unpaired) electrons. The zero-order valence-corrected chi connectivity index (χ0v) is 17.3. The van der Waals surface area contributed by atoms with Crippen LogP contribution in [-0.4, -0.2) is 35.8 Å². The van der Waals surface area contributed by atoms with Gasteiger partial charge in [0.15, 0.2) is 6.10 Å². The molecule has 8 nitrogen and oxygen atoms in total. The third-order valence-corrected chi connectivity index (χ3v) is 5.25.